The van der Waals surface area contributed by atoms with Crippen LogP contribution in [0, 0.1) is 0 Å². The van der Waals surface area contributed by atoms with Gasteiger partial charge in [-0.05, 0) is 12.1 Å². The highest BCUT2D eigenvalue weighted by atomic mass is 16.5. The molecule has 4 nitrogen and oxygen atoms in total. The van der Waals surface area contributed by atoms with Gasteiger partial charge in [0, 0.05) is 26.2 Å². The number of benzene rings is 1. The Kier molecular flexibility index (Phi) is 4.79. The van der Waals surface area contributed by atoms with Crippen LogP contribution in [0.4, 0.5) is 0 Å². The van der Waals surface area contributed by atoms with E-state index in [4.69, 9.17) is 9.47 Å². The highest BCUT2D eigenvalue weighted by Gasteiger charge is 2.20. The van der Waals surface area contributed by atoms with Crippen molar-refractivity contribution in [2.45, 2.75) is 12.1 Å². The van der Waals surface area contributed by atoms with Gasteiger partial charge < -0.3 is 20.1 Å². The van der Waals surface area contributed by atoms with Gasteiger partial charge in [0.25, 0.3) is 0 Å². The highest BCUT2D eigenvalue weighted by Crippen LogP contribution is 2.09. The van der Waals surface area contributed by atoms with Crippen LogP contribution in [0.25, 0.3) is 0 Å². The molecule has 17 heavy (non-hydrogen) atoms. The van der Waals surface area contributed by atoms with Gasteiger partial charge in [-0.2, -0.15) is 0 Å². The molecule has 4 heteroatoms. The summed E-state index contributed by atoms with van der Waals surface area (Å²) in [6.45, 7) is 3.30. The van der Waals surface area contributed by atoms with Crippen LogP contribution in [-0.2, 0) is 4.74 Å². The summed E-state index contributed by atoms with van der Waals surface area (Å²) in [5.74, 6) is 0.920. The molecule has 0 amide bonds. The van der Waals surface area contributed by atoms with Crippen LogP contribution in [0.5, 0.6) is 5.75 Å². The molecule has 0 aromatic heterocycles. The number of nitrogens with one attached hydrogen (secondary N) is 2. The summed E-state index contributed by atoms with van der Waals surface area (Å²) in [6.07, 6.45) is 0. The van der Waals surface area contributed by atoms with Crippen molar-refractivity contribution >= 4 is 0 Å². The van der Waals surface area contributed by atoms with Gasteiger partial charge in [-0.25, -0.2) is 0 Å². The predicted octanol–water partition coefficient (Wildman–Crippen LogP) is 0.642. The molecule has 2 atom stereocenters. The summed E-state index contributed by atoms with van der Waals surface area (Å²) in [4.78, 5) is 0. The average Bonchev–Trinajstić information content (AvgIpc) is 2.39. The van der Waals surface area contributed by atoms with E-state index in [1.54, 1.807) is 7.11 Å². The molecule has 1 saturated heterocycles. The Morgan fingerprint density at radius 3 is 2.53 bits per heavy atom. The minimum atomic E-state index is 0.337. The monoisotopic (exact) mass is 236 g/mol. The van der Waals surface area contributed by atoms with Crippen LogP contribution >= 0.6 is 0 Å². The van der Waals surface area contributed by atoms with Gasteiger partial charge in [0.05, 0.1) is 12.6 Å². The third-order valence-corrected chi connectivity index (χ3v) is 2.82. The second-order valence-electron chi connectivity index (χ2n) is 4.30. The average molecular weight is 236 g/mol. The molecule has 1 aromatic carbocycles. The Balaban J connectivity index is 1.75. The van der Waals surface area contributed by atoms with Gasteiger partial charge in [-0.15, -0.1) is 0 Å². The van der Waals surface area contributed by atoms with Gasteiger partial charge in [-0.1, -0.05) is 18.2 Å². The van der Waals surface area contributed by atoms with Crippen molar-refractivity contribution in [2.24, 2.45) is 0 Å². The van der Waals surface area contributed by atoms with E-state index in [9.17, 15) is 0 Å². The van der Waals surface area contributed by atoms with Crippen molar-refractivity contribution < 1.29 is 9.47 Å². The van der Waals surface area contributed by atoms with Crippen molar-refractivity contribution in [1.29, 1.82) is 0 Å². The fourth-order valence-electron chi connectivity index (χ4n) is 2.01. The van der Waals surface area contributed by atoms with Crippen molar-refractivity contribution in [3.05, 3.63) is 30.3 Å². The van der Waals surface area contributed by atoms with E-state index in [0.717, 1.165) is 25.4 Å². The molecule has 2 rings (SSSR count). The lowest BCUT2D eigenvalue weighted by molar-refractivity contribution is 0.135. The topological polar surface area (TPSA) is 42.5 Å². The molecule has 1 aliphatic rings. The molecule has 2 N–H and O–H groups in total. The molecule has 1 aliphatic heterocycles. The second kappa shape index (κ2) is 6.59. The first kappa shape index (κ1) is 12.4. The van der Waals surface area contributed by atoms with Crippen LogP contribution in [0.15, 0.2) is 30.3 Å². The maximum atomic E-state index is 5.73. The Hall–Kier alpha value is -1.10. The standard InChI is InChI=1S/C13H20N2O2/c1-16-9-11-7-14-8-12(15-11)10-17-13-5-3-2-4-6-13/h2-6,11-12,14-15H,7-10H2,1H3/t11-,12+/m0/s1. The number of piperazine rings is 1. The largest absolute Gasteiger partial charge is 0.492 e. The van der Waals surface area contributed by atoms with Crippen LogP contribution in [0.2, 0.25) is 0 Å². The molecule has 0 spiro atoms. The molecule has 0 radical (unpaired) electrons. The number of hydrogen-bond donors (Lipinski definition) is 2. The fourth-order valence-corrected chi connectivity index (χ4v) is 2.01. The first-order valence-corrected chi connectivity index (χ1v) is 6.02. The van der Waals surface area contributed by atoms with Gasteiger partial charge >= 0.3 is 0 Å². The Morgan fingerprint density at radius 1 is 1.12 bits per heavy atom. The van der Waals surface area contributed by atoms with Gasteiger partial charge in [0.2, 0.25) is 0 Å². The zero-order valence-corrected chi connectivity index (χ0v) is 10.2. The third-order valence-electron chi connectivity index (χ3n) is 2.82. The number of hydrogen-bond acceptors (Lipinski definition) is 4. The van der Waals surface area contributed by atoms with Gasteiger partial charge in [-0.3, -0.25) is 0 Å². The van der Waals surface area contributed by atoms with Gasteiger partial charge in [0.1, 0.15) is 12.4 Å². The molecule has 1 fully saturated rings. The van der Waals surface area contributed by atoms with E-state index in [-0.39, 0.29) is 0 Å². The first-order valence-electron chi connectivity index (χ1n) is 6.02. The quantitative estimate of drug-likeness (QED) is 0.787. The maximum Gasteiger partial charge on any atom is 0.119 e. The van der Waals surface area contributed by atoms with Crippen LogP contribution < -0.4 is 15.4 Å². The summed E-state index contributed by atoms with van der Waals surface area (Å²) >= 11 is 0. The van der Waals surface area contributed by atoms with Crippen molar-refractivity contribution in [1.82, 2.24) is 10.6 Å². The molecule has 94 valence electrons. The maximum absolute atomic E-state index is 5.73. The smallest absolute Gasteiger partial charge is 0.119 e. The van der Waals surface area contributed by atoms with Crippen LogP contribution in [0.1, 0.15) is 0 Å². The van der Waals surface area contributed by atoms with Gasteiger partial charge in [0.15, 0.2) is 0 Å². The fraction of sp³-hybridized carbons (Fsp3) is 0.538. The van der Waals surface area contributed by atoms with Crippen molar-refractivity contribution in [2.75, 3.05) is 33.4 Å². The minimum Gasteiger partial charge on any atom is -0.492 e. The summed E-state index contributed by atoms with van der Waals surface area (Å²) in [5, 5.41) is 6.90. The molecule has 0 aliphatic carbocycles. The summed E-state index contributed by atoms with van der Waals surface area (Å²) < 4.78 is 10.9. The summed E-state index contributed by atoms with van der Waals surface area (Å²) in [6, 6.07) is 10.6. The lowest BCUT2D eigenvalue weighted by Gasteiger charge is -2.31. The lowest BCUT2D eigenvalue weighted by Crippen LogP contribution is -2.58. The molecular weight excluding hydrogens is 216 g/mol. The van der Waals surface area contributed by atoms with E-state index < -0.39 is 0 Å². The Labute approximate surface area is 102 Å². The van der Waals surface area contributed by atoms with Crippen LogP contribution in [0.3, 0.4) is 0 Å². The lowest BCUT2D eigenvalue weighted by atomic mass is 10.1. The predicted molar refractivity (Wildman–Crippen MR) is 67.4 cm³/mol. The molecule has 0 bridgehead atoms. The van der Waals surface area contributed by atoms with E-state index in [0.29, 0.717) is 18.7 Å². The Bertz CT molecular complexity index is 316. The van der Waals surface area contributed by atoms with E-state index >= 15 is 0 Å². The Morgan fingerprint density at radius 2 is 1.82 bits per heavy atom. The molecule has 1 aromatic rings. The molecule has 1 heterocycles. The number of rotatable bonds is 5. The second-order valence-corrected chi connectivity index (χ2v) is 4.30. The van der Waals surface area contributed by atoms with E-state index in [2.05, 4.69) is 10.6 Å². The van der Waals surface area contributed by atoms with E-state index in [1.165, 1.54) is 0 Å². The van der Waals surface area contributed by atoms with Crippen molar-refractivity contribution in [3.8, 4) is 5.75 Å². The number of para-hydroxylation sites is 1. The van der Waals surface area contributed by atoms with Crippen LogP contribution in [-0.4, -0.2) is 45.5 Å². The molecular formula is C13H20N2O2. The number of methoxy groups -OCH3 is 1. The first-order chi connectivity index (χ1) is 8.38. The zero-order chi connectivity index (χ0) is 11.9. The highest BCUT2D eigenvalue weighted by molar-refractivity contribution is 5.20. The minimum absolute atomic E-state index is 0.337. The molecule has 0 saturated carbocycles. The zero-order valence-electron chi connectivity index (χ0n) is 10.2. The van der Waals surface area contributed by atoms with Crippen molar-refractivity contribution in [3.63, 3.8) is 0 Å². The third kappa shape index (κ3) is 4.00. The summed E-state index contributed by atoms with van der Waals surface area (Å²) in [5.41, 5.74) is 0. The molecule has 0 unspecified atom stereocenters. The SMILES string of the molecule is COC[C@@H]1CNC[C@H](COc2ccccc2)N1. The van der Waals surface area contributed by atoms with E-state index in [1.807, 2.05) is 30.3 Å². The normalized spacial score (nSPS) is 24.5. The number of ether oxygens (including phenoxy) is 2. The summed E-state index contributed by atoms with van der Waals surface area (Å²) in [7, 11) is 1.73.